The van der Waals surface area contributed by atoms with Gasteiger partial charge in [-0.2, -0.15) is 0 Å². The van der Waals surface area contributed by atoms with Gasteiger partial charge in [0.25, 0.3) is 0 Å². The number of nitrogens with zero attached hydrogens (tertiary/aromatic N) is 3. The summed E-state index contributed by atoms with van der Waals surface area (Å²) >= 11 is 0. The molecule has 0 N–H and O–H groups in total. The van der Waals surface area contributed by atoms with Crippen LogP contribution in [0.3, 0.4) is 0 Å². The lowest BCUT2D eigenvalue weighted by molar-refractivity contribution is -0.129. The number of carbonyl (C=O) groups excluding carboxylic acids is 1. The lowest BCUT2D eigenvalue weighted by Crippen LogP contribution is -2.41. The predicted molar refractivity (Wildman–Crippen MR) is 79.3 cm³/mol. The lowest BCUT2D eigenvalue weighted by atomic mass is 10.0. The summed E-state index contributed by atoms with van der Waals surface area (Å²) in [6, 6.07) is 6.21. The van der Waals surface area contributed by atoms with Gasteiger partial charge in [0.2, 0.25) is 5.91 Å². The summed E-state index contributed by atoms with van der Waals surface area (Å²) in [5.74, 6) is 0.100. The van der Waals surface area contributed by atoms with E-state index in [2.05, 4.69) is 11.9 Å². The number of piperidine rings is 1. The third-order valence-electron chi connectivity index (χ3n) is 3.93. The van der Waals surface area contributed by atoms with Gasteiger partial charge < -0.3 is 9.30 Å². The molecule has 20 heavy (non-hydrogen) atoms. The molecule has 1 unspecified atom stereocenters. The third-order valence-corrected chi connectivity index (χ3v) is 3.93. The van der Waals surface area contributed by atoms with Crippen LogP contribution in [-0.2, 0) is 4.79 Å². The molecule has 1 fully saturated rings. The number of aromatic nitrogens is 2. The lowest BCUT2D eigenvalue weighted by Gasteiger charge is -2.32. The van der Waals surface area contributed by atoms with Crippen LogP contribution in [0, 0.1) is 0 Å². The van der Waals surface area contributed by atoms with Crippen LogP contribution in [0.15, 0.2) is 36.7 Å². The van der Waals surface area contributed by atoms with Gasteiger partial charge in [-0.25, -0.2) is 4.98 Å². The van der Waals surface area contributed by atoms with Gasteiger partial charge in [-0.05, 0) is 44.4 Å². The van der Waals surface area contributed by atoms with Gasteiger partial charge in [-0.3, -0.25) is 4.79 Å². The van der Waals surface area contributed by atoms with Crippen LogP contribution in [0.2, 0.25) is 0 Å². The first-order valence-corrected chi connectivity index (χ1v) is 7.16. The Morgan fingerprint density at radius 1 is 1.40 bits per heavy atom. The van der Waals surface area contributed by atoms with Crippen LogP contribution in [0.1, 0.15) is 31.9 Å². The Kier molecular flexibility index (Phi) is 3.54. The molecule has 1 aliphatic heterocycles. The Labute approximate surface area is 118 Å². The molecule has 2 aromatic heterocycles. The van der Waals surface area contributed by atoms with E-state index in [-0.39, 0.29) is 5.91 Å². The Hall–Kier alpha value is -2.10. The minimum atomic E-state index is 0.100. The zero-order valence-electron chi connectivity index (χ0n) is 11.7. The van der Waals surface area contributed by atoms with Gasteiger partial charge in [-0.1, -0.05) is 6.07 Å². The van der Waals surface area contributed by atoms with Crippen molar-refractivity contribution in [3.63, 3.8) is 0 Å². The Morgan fingerprint density at radius 2 is 2.30 bits per heavy atom. The summed E-state index contributed by atoms with van der Waals surface area (Å²) in [6.45, 7) is 3.00. The molecular weight excluding hydrogens is 250 g/mol. The molecule has 0 aromatic carbocycles. The smallest absolute Gasteiger partial charge is 0.246 e. The van der Waals surface area contributed by atoms with Crippen LogP contribution in [0.4, 0.5) is 0 Å². The molecule has 0 spiro atoms. The molecule has 104 valence electrons. The summed E-state index contributed by atoms with van der Waals surface area (Å²) in [5.41, 5.74) is 1.82. The zero-order valence-corrected chi connectivity index (χ0v) is 11.7. The minimum Gasteiger partial charge on any atom is -0.336 e. The van der Waals surface area contributed by atoms with Crippen molar-refractivity contribution in [2.75, 3.05) is 6.54 Å². The van der Waals surface area contributed by atoms with Crippen molar-refractivity contribution in [3.05, 3.63) is 42.4 Å². The van der Waals surface area contributed by atoms with Crippen LogP contribution in [0.5, 0.6) is 0 Å². The quantitative estimate of drug-likeness (QED) is 0.786. The van der Waals surface area contributed by atoms with E-state index in [0.717, 1.165) is 30.7 Å². The van der Waals surface area contributed by atoms with Crippen molar-refractivity contribution in [3.8, 4) is 0 Å². The van der Waals surface area contributed by atoms with Gasteiger partial charge in [0.1, 0.15) is 5.65 Å². The van der Waals surface area contributed by atoms with E-state index in [1.54, 1.807) is 12.3 Å². The minimum absolute atomic E-state index is 0.100. The van der Waals surface area contributed by atoms with Crippen molar-refractivity contribution in [2.45, 2.75) is 32.2 Å². The SMILES string of the molecule is CC1CCCCN1C(=O)/C=C/c1cnc2ccccn12. The van der Waals surface area contributed by atoms with Gasteiger partial charge in [0.05, 0.1) is 11.9 Å². The fraction of sp³-hybridized carbons (Fsp3) is 0.375. The highest BCUT2D eigenvalue weighted by molar-refractivity contribution is 5.91. The second-order valence-electron chi connectivity index (χ2n) is 5.32. The molecule has 3 heterocycles. The maximum atomic E-state index is 12.2. The molecule has 1 aliphatic rings. The predicted octanol–water partition coefficient (Wildman–Crippen LogP) is 2.75. The average molecular weight is 269 g/mol. The van der Waals surface area contributed by atoms with E-state index in [1.807, 2.05) is 39.8 Å². The number of fused-ring (bicyclic) bond motifs is 1. The van der Waals surface area contributed by atoms with Crippen molar-refractivity contribution >= 4 is 17.6 Å². The van der Waals surface area contributed by atoms with Crippen LogP contribution in [-0.4, -0.2) is 32.8 Å². The molecule has 1 saturated heterocycles. The number of carbonyl (C=O) groups is 1. The van der Waals surface area contributed by atoms with Crippen molar-refractivity contribution in [2.24, 2.45) is 0 Å². The second-order valence-corrected chi connectivity index (χ2v) is 5.32. The molecule has 0 bridgehead atoms. The first-order valence-electron chi connectivity index (χ1n) is 7.16. The standard InChI is InChI=1S/C16H19N3O/c1-13-6-2-4-10-18(13)16(20)9-8-14-12-17-15-7-3-5-11-19(14)15/h3,5,7-9,11-13H,2,4,6,10H2,1H3/b9-8+. The van der Waals surface area contributed by atoms with Crippen LogP contribution < -0.4 is 0 Å². The first kappa shape index (κ1) is 12.9. The molecule has 0 saturated carbocycles. The van der Waals surface area contributed by atoms with E-state index >= 15 is 0 Å². The second kappa shape index (κ2) is 5.49. The topological polar surface area (TPSA) is 37.6 Å². The van der Waals surface area contributed by atoms with Crippen molar-refractivity contribution in [1.82, 2.24) is 14.3 Å². The fourth-order valence-electron chi connectivity index (χ4n) is 2.75. The van der Waals surface area contributed by atoms with Gasteiger partial charge >= 0.3 is 0 Å². The van der Waals surface area contributed by atoms with Gasteiger partial charge in [0.15, 0.2) is 0 Å². The largest absolute Gasteiger partial charge is 0.336 e. The number of likely N-dealkylation sites (tertiary alicyclic amines) is 1. The van der Waals surface area contributed by atoms with E-state index in [9.17, 15) is 4.79 Å². The molecule has 3 rings (SSSR count). The van der Waals surface area contributed by atoms with Crippen molar-refractivity contribution < 1.29 is 4.79 Å². The van der Waals surface area contributed by atoms with Crippen LogP contribution in [0.25, 0.3) is 11.7 Å². The summed E-state index contributed by atoms with van der Waals surface area (Å²) in [7, 11) is 0. The molecule has 1 atom stereocenters. The molecule has 2 aromatic rings. The third kappa shape index (κ3) is 2.46. The number of hydrogen-bond acceptors (Lipinski definition) is 2. The van der Waals surface area contributed by atoms with E-state index in [4.69, 9.17) is 0 Å². The number of hydrogen-bond donors (Lipinski definition) is 0. The molecule has 0 radical (unpaired) electrons. The molecule has 1 amide bonds. The molecule has 4 heteroatoms. The molecule has 0 aliphatic carbocycles. The summed E-state index contributed by atoms with van der Waals surface area (Å²) < 4.78 is 1.98. The highest BCUT2D eigenvalue weighted by Gasteiger charge is 2.21. The van der Waals surface area contributed by atoms with E-state index < -0.39 is 0 Å². The Morgan fingerprint density at radius 3 is 3.15 bits per heavy atom. The Balaban J connectivity index is 1.78. The Bertz CT molecular complexity index is 644. The normalized spacial score (nSPS) is 19.9. The first-order chi connectivity index (χ1) is 9.75. The average Bonchev–Trinajstić information content (AvgIpc) is 2.88. The molecule has 4 nitrogen and oxygen atoms in total. The monoisotopic (exact) mass is 269 g/mol. The summed E-state index contributed by atoms with van der Waals surface area (Å²) in [4.78, 5) is 18.5. The maximum Gasteiger partial charge on any atom is 0.246 e. The summed E-state index contributed by atoms with van der Waals surface area (Å²) in [6.07, 6.45) is 10.7. The highest BCUT2D eigenvalue weighted by atomic mass is 16.2. The zero-order chi connectivity index (χ0) is 13.9. The number of pyridine rings is 1. The number of amides is 1. The van der Waals surface area contributed by atoms with Gasteiger partial charge in [-0.15, -0.1) is 0 Å². The maximum absolute atomic E-state index is 12.2. The van der Waals surface area contributed by atoms with E-state index in [0.29, 0.717) is 6.04 Å². The number of imidazole rings is 1. The van der Waals surface area contributed by atoms with E-state index in [1.165, 1.54) is 6.42 Å². The molecular formula is C16H19N3O. The highest BCUT2D eigenvalue weighted by Crippen LogP contribution is 2.17. The van der Waals surface area contributed by atoms with Gasteiger partial charge in [0, 0.05) is 24.9 Å². The van der Waals surface area contributed by atoms with Crippen molar-refractivity contribution in [1.29, 1.82) is 0 Å². The van der Waals surface area contributed by atoms with Crippen LogP contribution >= 0.6 is 0 Å². The summed E-state index contributed by atoms with van der Waals surface area (Å²) in [5, 5.41) is 0. The number of rotatable bonds is 2. The fourth-order valence-corrected chi connectivity index (χ4v) is 2.75.